The third kappa shape index (κ3) is 3.46. The summed E-state index contributed by atoms with van der Waals surface area (Å²) in [7, 11) is 0. The van der Waals surface area contributed by atoms with Gasteiger partial charge in [0.15, 0.2) is 0 Å². The summed E-state index contributed by atoms with van der Waals surface area (Å²) in [6, 6.07) is 15.5. The van der Waals surface area contributed by atoms with Gasteiger partial charge in [-0.15, -0.1) is 0 Å². The van der Waals surface area contributed by atoms with Gasteiger partial charge in [0.1, 0.15) is 17.4 Å². The zero-order chi connectivity index (χ0) is 21.4. The van der Waals surface area contributed by atoms with E-state index in [-0.39, 0.29) is 16.8 Å². The number of ketones is 1. The van der Waals surface area contributed by atoms with Gasteiger partial charge in [-0.2, -0.15) is 0 Å². The molecule has 1 amide bonds. The second-order valence-corrected chi connectivity index (χ2v) is 7.15. The Morgan fingerprint density at radius 3 is 2.27 bits per heavy atom. The number of hydrogen-bond donors (Lipinski definition) is 1. The van der Waals surface area contributed by atoms with E-state index in [1.165, 1.54) is 48.5 Å². The fourth-order valence-electron chi connectivity index (χ4n) is 3.48. The number of halogens is 3. The van der Waals surface area contributed by atoms with Crippen molar-refractivity contribution >= 4 is 34.7 Å². The van der Waals surface area contributed by atoms with Gasteiger partial charge in [0.25, 0.3) is 11.7 Å². The standard InChI is InChI=1S/C23H14ClF2NO3/c24-15-4-1-3-14(11-15)21(28)19-20(13-7-9-16(25)10-8-13)27(23(30)22(19)29)18-6-2-5-17(26)12-18/h1-12,20,28H/b21-19+. The van der Waals surface area contributed by atoms with E-state index in [1.54, 1.807) is 18.2 Å². The molecule has 0 bridgehead atoms. The van der Waals surface area contributed by atoms with Crippen molar-refractivity contribution in [1.82, 2.24) is 0 Å². The lowest BCUT2D eigenvalue weighted by Crippen LogP contribution is -2.29. The Morgan fingerprint density at radius 2 is 1.60 bits per heavy atom. The smallest absolute Gasteiger partial charge is 0.300 e. The van der Waals surface area contributed by atoms with E-state index in [0.29, 0.717) is 10.6 Å². The molecule has 0 aliphatic carbocycles. The van der Waals surface area contributed by atoms with Crippen molar-refractivity contribution in [3.05, 3.63) is 106 Å². The van der Waals surface area contributed by atoms with Crippen LogP contribution in [0.2, 0.25) is 5.02 Å². The highest BCUT2D eigenvalue weighted by Gasteiger charge is 2.47. The molecule has 1 aliphatic rings. The number of aliphatic hydroxyl groups is 1. The van der Waals surface area contributed by atoms with Gasteiger partial charge in [0.2, 0.25) is 0 Å². The molecular weight excluding hydrogens is 412 g/mol. The maximum atomic E-state index is 13.8. The first-order valence-electron chi connectivity index (χ1n) is 8.95. The van der Waals surface area contributed by atoms with Gasteiger partial charge in [-0.05, 0) is 48.0 Å². The van der Waals surface area contributed by atoms with Crippen molar-refractivity contribution in [3.63, 3.8) is 0 Å². The number of anilines is 1. The van der Waals surface area contributed by atoms with E-state index in [2.05, 4.69) is 0 Å². The summed E-state index contributed by atoms with van der Waals surface area (Å²) in [6.45, 7) is 0. The lowest BCUT2D eigenvalue weighted by atomic mass is 9.95. The van der Waals surface area contributed by atoms with Gasteiger partial charge in [-0.1, -0.05) is 41.9 Å². The molecule has 0 spiro atoms. The summed E-state index contributed by atoms with van der Waals surface area (Å²) in [5.41, 5.74) is 0.560. The van der Waals surface area contributed by atoms with Crippen molar-refractivity contribution in [2.75, 3.05) is 4.90 Å². The molecule has 1 saturated heterocycles. The lowest BCUT2D eigenvalue weighted by molar-refractivity contribution is -0.132. The fourth-order valence-corrected chi connectivity index (χ4v) is 3.67. The third-order valence-electron chi connectivity index (χ3n) is 4.81. The van der Waals surface area contributed by atoms with Gasteiger partial charge in [0, 0.05) is 16.3 Å². The van der Waals surface area contributed by atoms with E-state index < -0.39 is 35.1 Å². The minimum atomic E-state index is -1.08. The fraction of sp³-hybridized carbons (Fsp3) is 0.0435. The maximum absolute atomic E-state index is 13.8. The van der Waals surface area contributed by atoms with Crippen molar-refractivity contribution in [2.45, 2.75) is 6.04 Å². The number of Topliss-reactive ketones (excluding diaryl/α,β-unsaturated/α-hetero) is 1. The first kappa shape index (κ1) is 19.8. The van der Waals surface area contributed by atoms with Gasteiger partial charge >= 0.3 is 0 Å². The van der Waals surface area contributed by atoms with E-state index in [0.717, 1.165) is 11.0 Å². The topological polar surface area (TPSA) is 57.6 Å². The minimum absolute atomic E-state index is 0.136. The van der Waals surface area contributed by atoms with Crippen LogP contribution in [0.1, 0.15) is 17.2 Å². The summed E-state index contributed by atoms with van der Waals surface area (Å²) in [6.07, 6.45) is 0. The molecule has 4 rings (SSSR count). The van der Waals surface area contributed by atoms with Crippen LogP contribution in [-0.4, -0.2) is 16.8 Å². The van der Waals surface area contributed by atoms with Crippen LogP contribution in [0.5, 0.6) is 0 Å². The SMILES string of the molecule is O=C1C(=O)N(c2cccc(F)c2)C(c2ccc(F)cc2)/C1=C(\O)c1cccc(Cl)c1. The van der Waals surface area contributed by atoms with E-state index in [9.17, 15) is 23.5 Å². The zero-order valence-corrected chi connectivity index (χ0v) is 16.1. The number of benzene rings is 3. The number of carbonyl (C=O) groups is 2. The molecule has 0 saturated carbocycles. The van der Waals surface area contributed by atoms with Crippen LogP contribution in [0.4, 0.5) is 14.5 Å². The largest absolute Gasteiger partial charge is 0.507 e. The Balaban J connectivity index is 1.96. The molecule has 1 atom stereocenters. The molecule has 1 N–H and O–H groups in total. The predicted octanol–water partition coefficient (Wildman–Crippen LogP) is 5.24. The lowest BCUT2D eigenvalue weighted by Gasteiger charge is -2.25. The van der Waals surface area contributed by atoms with Crippen LogP contribution >= 0.6 is 11.6 Å². The highest BCUT2D eigenvalue weighted by molar-refractivity contribution is 6.51. The molecule has 1 heterocycles. The summed E-state index contributed by atoms with van der Waals surface area (Å²) in [5, 5.41) is 11.2. The number of rotatable bonds is 3. The van der Waals surface area contributed by atoms with Gasteiger partial charge in [-0.25, -0.2) is 8.78 Å². The van der Waals surface area contributed by atoms with Gasteiger partial charge < -0.3 is 5.11 Å². The highest BCUT2D eigenvalue weighted by atomic mass is 35.5. The molecule has 3 aromatic carbocycles. The van der Waals surface area contributed by atoms with E-state index >= 15 is 0 Å². The van der Waals surface area contributed by atoms with Crippen LogP contribution in [0.25, 0.3) is 5.76 Å². The highest BCUT2D eigenvalue weighted by Crippen LogP contribution is 2.42. The molecule has 3 aromatic rings. The number of amides is 1. The van der Waals surface area contributed by atoms with Crippen molar-refractivity contribution < 1.29 is 23.5 Å². The molecule has 1 unspecified atom stereocenters. The van der Waals surface area contributed by atoms with Crippen molar-refractivity contribution in [3.8, 4) is 0 Å². The normalized spacial score (nSPS) is 18.1. The third-order valence-corrected chi connectivity index (χ3v) is 5.05. The first-order chi connectivity index (χ1) is 14.4. The summed E-state index contributed by atoms with van der Waals surface area (Å²) < 4.78 is 27.3. The molecule has 4 nitrogen and oxygen atoms in total. The number of aliphatic hydroxyl groups excluding tert-OH is 1. The molecule has 0 aromatic heterocycles. The predicted molar refractivity (Wildman–Crippen MR) is 109 cm³/mol. The Bertz CT molecular complexity index is 1190. The Kier molecular flexibility index (Phi) is 5.10. The summed E-state index contributed by atoms with van der Waals surface area (Å²) >= 11 is 5.99. The van der Waals surface area contributed by atoms with Crippen LogP contribution < -0.4 is 4.90 Å². The second kappa shape index (κ2) is 7.72. The maximum Gasteiger partial charge on any atom is 0.300 e. The Labute approximate surface area is 175 Å². The van der Waals surface area contributed by atoms with Crippen molar-refractivity contribution in [1.29, 1.82) is 0 Å². The average Bonchev–Trinajstić information content (AvgIpc) is 2.99. The van der Waals surface area contributed by atoms with E-state index in [1.807, 2.05) is 0 Å². The molecule has 1 fully saturated rings. The second-order valence-electron chi connectivity index (χ2n) is 6.71. The van der Waals surface area contributed by atoms with Crippen LogP contribution in [0, 0.1) is 11.6 Å². The monoisotopic (exact) mass is 425 g/mol. The average molecular weight is 426 g/mol. The molecule has 30 heavy (non-hydrogen) atoms. The minimum Gasteiger partial charge on any atom is -0.507 e. The Morgan fingerprint density at radius 1 is 0.900 bits per heavy atom. The molecule has 7 heteroatoms. The summed E-state index contributed by atoms with van der Waals surface area (Å²) in [4.78, 5) is 26.9. The van der Waals surface area contributed by atoms with Gasteiger partial charge in [-0.3, -0.25) is 14.5 Å². The first-order valence-corrected chi connectivity index (χ1v) is 9.32. The molecule has 150 valence electrons. The number of hydrogen-bond acceptors (Lipinski definition) is 3. The summed E-state index contributed by atoms with van der Waals surface area (Å²) in [5.74, 6) is -3.40. The van der Waals surface area contributed by atoms with Crippen LogP contribution in [0.3, 0.4) is 0 Å². The van der Waals surface area contributed by atoms with Crippen LogP contribution in [-0.2, 0) is 9.59 Å². The van der Waals surface area contributed by atoms with Gasteiger partial charge in [0.05, 0.1) is 11.6 Å². The molecule has 0 radical (unpaired) electrons. The molecular formula is C23H14ClF2NO3. The Hall–Kier alpha value is -3.51. The van der Waals surface area contributed by atoms with Crippen molar-refractivity contribution in [2.24, 2.45) is 0 Å². The van der Waals surface area contributed by atoms with Crippen LogP contribution in [0.15, 0.2) is 78.4 Å². The number of carbonyl (C=O) groups excluding carboxylic acids is 2. The quantitative estimate of drug-likeness (QED) is 0.354. The van der Waals surface area contributed by atoms with E-state index in [4.69, 9.17) is 11.6 Å². The number of nitrogens with zero attached hydrogens (tertiary/aromatic N) is 1. The zero-order valence-electron chi connectivity index (χ0n) is 15.4. The molecule has 1 aliphatic heterocycles.